The summed E-state index contributed by atoms with van der Waals surface area (Å²) < 4.78 is 7.66. The molecule has 0 amide bonds. The molecule has 0 spiro atoms. The van der Waals surface area contributed by atoms with Crippen molar-refractivity contribution in [3.8, 4) is 28.5 Å². The molecule has 31 heavy (non-hydrogen) atoms. The zero-order valence-electron chi connectivity index (χ0n) is 17.5. The highest BCUT2D eigenvalue weighted by Gasteiger charge is 2.17. The number of nitrogens with one attached hydrogen (secondary N) is 1. The van der Waals surface area contributed by atoms with Gasteiger partial charge in [-0.2, -0.15) is 14.7 Å². The summed E-state index contributed by atoms with van der Waals surface area (Å²) in [7, 11) is 0. The molecule has 8 heteroatoms. The van der Waals surface area contributed by atoms with Gasteiger partial charge in [-0.15, -0.1) is 10.2 Å². The number of aromatic amines is 1. The molecule has 3 aromatic heterocycles. The molecule has 0 bridgehead atoms. The monoisotopic (exact) mass is 430 g/mol. The van der Waals surface area contributed by atoms with Gasteiger partial charge in [0.05, 0.1) is 5.69 Å². The Hall–Kier alpha value is -3.52. The van der Waals surface area contributed by atoms with Crippen LogP contribution in [0, 0.1) is 0 Å². The summed E-state index contributed by atoms with van der Waals surface area (Å²) in [5, 5.41) is 21.4. The molecule has 0 fully saturated rings. The molecule has 7 nitrogen and oxygen atoms in total. The second-order valence-electron chi connectivity index (χ2n) is 8.31. The lowest BCUT2D eigenvalue weighted by atomic mass is 9.87. The molecule has 0 aliphatic rings. The van der Waals surface area contributed by atoms with Crippen LogP contribution in [0.2, 0.25) is 0 Å². The maximum absolute atomic E-state index is 5.93. The number of hydrogen-bond acceptors (Lipinski definition) is 6. The van der Waals surface area contributed by atoms with Gasteiger partial charge in [-0.05, 0) is 29.2 Å². The first-order valence-electron chi connectivity index (χ1n) is 10.0. The highest BCUT2D eigenvalue weighted by molar-refractivity contribution is 7.16. The summed E-state index contributed by atoms with van der Waals surface area (Å²) in [6.45, 7) is 6.97. The Morgan fingerprint density at radius 3 is 2.52 bits per heavy atom. The van der Waals surface area contributed by atoms with E-state index in [-0.39, 0.29) is 5.41 Å². The number of H-pyrrole nitrogens is 1. The third-order valence-electron chi connectivity index (χ3n) is 5.00. The maximum Gasteiger partial charge on any atom is 0.235 e. The van der Waals surface area contributed by atoms with Gasteiger partial charge in [0.1, 0.15) is 18.1 Å². The second kappa shape index (κ2) is 7.63. The SMILES string of the molecule is CC(C)(C)c1ccc(OCc2nn3c(-c4cc(-c5ccccc5)n[nH]4)nnc3s2)cc1. The predicted octanol–water partition coefficient (Wildman–Crippen LogP) is 5.12. The van der Waals surface area contributed by atoms with E-state index in [0.717, 1.165) is 27.7 Å². The van der Waals surface area contributed by atoms with Crippen molar-refractivity contribution in [2.75, 3.05) is 0 Å². The Balaban J connectivity index is 1.34. The predicted molar refractivity (Wildman–Crippen MR) is 121 cm³/mol. The van der Waals surface area contributed by atoms with Crippen LogP contribution in [0.15, 0.2) is 60.7 Å². The molecule has 5 rings (SSSR count). The molecule has 0 radical (unpaired) electrons. The number of nitrogens with zero attached hydrogens (tertiary/aromatic N) is 5. The van der Waals surface area contributed by atoms with Crippen molar-refractivity contribution in [1.82, 2.24) is 30.0 Å². The molecule has 0 saturated carbocycles. The van der Waals surface area contributed by atoms with E-state index in [4.69, 9.17) is 4.74 Å². The van der Waals surface area contributed by atoms with E-state index in [2.05, 4.69) is 58.4 Å². The van der Waals surface area contributed by atoms with Crippen molar-refractivity contribution in [1.29, 1.82) is 0 Å². The van der Waals surface area contributed by atoms with Crippen LogP contribution in [0.4, 0.5) is 0 Å². The second-order valence-corrected chi connectivity index (χ2v) is 9.35. The summed E-state index contributed by atoms with van der Waals surface area (Å²) in [6, 6.07) is 20.2. The minimum atomic E-state index is 0.121. The Bertz CT molecular complexity index is 1310. The third-order valence-corrected chi connectivity index (χ3v) is 5.88. The largest absolute Gasteiger partial charge is 0.486 e. The number of aromatic nitrogens is 6. The first-order valence-corrected chi connectivity index (χ1v) is 10.8. The van der Waals surface area contributed by atoms with Gasteiger partial charge in [0.25, 0.3) is 0 Å². The average molecular weight is 431 g/mol. The Labute approximate surface area is 183 Å². The molecule has 2 aromatic carbocycles. The molecule has 0 aliphatic heterocycles. The molecule has 3 heterocycles. The standard InChI is InChI=1S/C23H22N6OS/c1-23(2,3)16-9-11-17(12-10-16)30-14-20-28-29-21(26-27-22(29)31-20)19-13-18(24-25-19)15-7-5-4-6-8-15/h4-13H,14H2,1-3H3,(H,24,25). The lowest BCUT2D eigenvalue weighted by molar-refractivity contribution is 0.304. The van der Waals surface area contributed by atoms with Crippen LogP contribution >= 0.6 is 11.3 Å². The van der Waals surface area contributed by atoms with Gasteiger partial charge in [-0.25, -0.2) is 0 Å². The fourth-order valence-corrected chi connectivity index (χ4v) is 4.02. The van der Waals surface area contributed by atoms with E-state index in [0.29, 0.717) is 17.4 Å². The van der Waals surface area contributed by atoms with Crippen LogP contribution in [0.1, 0.15) is 31.3 Å². The number of hydrogen-bond donors (Lipinski definition) is 1. The number of benzene rings is 2. The van der Waals surface area contributed by atoms with Crippen molar-refractivity contribution in [2.45, 2.75) is 32.8 Å². The van der Waals surface area contributed by atoms with Crippen molar-refractivity contribution in [2.24, 2.45) is 0 Å². The van der Waals surface area contributed by atoms with Crippen molar-refractivity contribution >= 4 is 16.3 Å². The number of fused-ring (bicyclic) bond motifs is 1. The summed E-state index contributed by atoms with van der Waals surface area (Å²) in [4.78, 5) is 0.715. The topological polar surface area (TPSA) is 81.0 Å². The summed E-state index contributed by atoms with van der Waals surface area (Å²) in [6.07, 6.45) is 0. The Morgan fingerprint density at radius 2 is 1.77 bits per heavy atom. The lowest BCUT2D eigenvalue weighted by Crippen LogP contribution is -2.10. The van der Waals surface area contributed by atoms with Crippen LogP contribution < -0.4 is 4.74 Å². The molecular weight excluding hydrogens is 408 g/mol. The zero-order valence-corrected chi connectivity index (χ0v) is 18.3. The maximum atomic E-state index is 5.93. The highest BCUT2D eigenvalue weighted by atomic mass is 32.1. The molecule has 0 aliphatic carbocycles. The molecular formula is C23H22N6OS. The van der Waals surface area contributed by atoms with Gasteiger partial charge >= 0.3 is 0 Å². The van der Waals surface area contributed by atoms with E-state index in [1.807, 2.05) is 48.5 Å². The van der Waals surface area contributed by atoms with Crippen LogP contribution in [-0.2, 0) is 12.0 Å². The van der Waals surface area contributed by atoms with Gasteiger partial charge < -0.3 is 4.74 Å². The van der Waals surface area contributed by atoms with E-state index in [1.54, 1.807) is 4.52 Å². The van der Waals surface area contributed by atoms with Gasteiger partial charge in [0, 0.05) is 5.56 Å². The van der Waals surface area contributed by atoms with Gasteiger partial charge in [-0.1, -0.05) is 74.6 Å². The average Bonchev–Trinajstić information content (AvgIpc) is 3.48. The smallest absolute Gasteiger partial charge is 0.235 e. The van der Waals surface area contributed by atoms with Gasteiger partial charge in [0.2, 0.25) is 10.8 Å². The van der Waals surface area contributed by atoms with Gasteiger partial charge in [0.15, 0.2) is 5.01 Å². The summed E-state index contributed by atoms with van der Waals surface area (Å²) >= 11 is 1.46. The minimum absolute atomic E-state index is 0.121. The normalized spacial score (nSPS) is 11.8. The third kappa shape index (κ3) is 3.94. The molecule has 1 N–H and O–H groups in total. The Kier molecular flexibility index (Phi) is 4.78. The van der Waals surface area contributed by atoms with E-state index in [9.17, 15) is 0 Å². The molecule has 156 valence electrons. The first kappa shape index (κ1) is 19.4. The molecule has 0 saturated heterocycles. The van der Waals surface area contributed by atoms with Crippen LogP contribution in [0.25, 0.3) is 27.7 Å². The fraction of sp³-hybridized carbons (Fsp3) is 0.217. The summed E-state index contributed by atoms with van der Waals surface area (Å²) in [5.74, 6) is 1.45. The minimum Gasteiger partial charge on any atom is -0.486 e. The number of rotatable bonds is 5. The molecule has 0 atom stereocenters. The van der Waals surface area contributed by atoms with E-state index >= 15 is 0 Å². The van der Waals surface area contributed by atoms with E-state index in [1.165, 1.54) is 16.9 Å². The lowest BCUT2D eigenvalue weighted by Gasteiger charge is -2.19. The zero-order chi connectivity index (χ0) is 21.4. The van der Waals surface area contributed by atoms with Crippen molar-refractivity contribution < 1.29 is 4.74 Å². The van der Waals surface area contributed by atoms with Crippen LogP contribution in [0.5, 0.6) is 5.75 Å². The quantitative estimate of drug-likeness (QED) is 0.419. The highest BCUT2D eigenvalue weighted by Crippen LogP contribution is 2.26. The Morgan fingerprint density at radius 1 is 1.00 bits per heavy atom. The van der Waals surface area contributed by atoms with E-state index < -0.39 is 0 Å². The van der Waals surface area contributed by atoms with Crippen molar-refractivity contribution in [3.63, 3.8) is 0 Å². The van der Waals surface area contributed by atoms with Crippen LogP contribution in [0.3, 0.4) is 0 Å². The van der Waals surface area contributed by atoms with Crippen LogP contribution in [-0.4, -0.2) is 30.0 Å². The fourth-order valence-electron chi connectivity index (χ4n) is 3.27. The number of ether oxygens (including phenoxy) is 1. The first-order chi connectivity index (χ1) is 15.0. The summed E-state index contributed by atoms with van der Waals surface area (Å²) in [5.41, 5.74) is 4.05. The van der Waals surface area contributed by atoms with Crippen molar-refractivity contribution in [3.05, 3.63) is 71.2 Å². The molecule has 0 unspecified atom stereocenters. The molecule has 5 aromatic rings. The van der Waals surface area contributed by atoms with Gasteiger partial charge in [-0.3, -0.25) is 5.10 Å².